The predicted molar refractivity (Wildman–Crippen MR) is 122 cm³/mol. The van der Waals surface area contributed by atoms with Gasteiger partial charge in [0.25, 0.3) is 0 Å². The van der Waals surface area contributed by atoms with Gasteiger partial charge >= 0.3 is 0 Å². The molecule has 168 valence electrons. The van der Waals surface area contributed by atoms with Crippen LogP contribution in [-0.4, -0.2) is 0 Å². The minimum atomic E-state index is 0.0664. The average molecular weight is 444 g/mol. The van der Waals surface area contributed by atoms with Crippen molar-refractivity contribution in [2.75, 3.05) is 0 Å². The summed E-state index contributed by atoms with van der Waals surface area (Å²) in [6.07, 6.45) is 11.5. The Morgan fingerprint density at radius 2 is 1.15 bits per heavy atom. The van der Waals surface area contributed by atoms with Crippen LogP contribution in [0.2, 0.25) is 0 Å². The fourth-order valence-electron chi connectivity index (χ4n) is 15.2. The van der Waals surface area contributed by atoms with Crippen molar-refractivity contribution in [1.82, 2.24) is 0 Å². The molecule has 2 spiro atoms. The summed E-state index contributed by atoms with van der Waals surface area (Å²) >= 11 is 0. The van der Waals surface area contributed by atoms with E-state index < -0.39 is 0 Å². The van der Waals surface area contributed by atoms with Gasteiger partial charge in [-0.3, -0.25) is 0 Å². The number of hydrogen-bond donors (Lipinski definition) is 0. The van der Waals surface area contributed by atoms with E-state index in [9.17, 15) is 15.8 Å². The van der Waals surface area contributed by atoms with Crippen molar-refractivity contribution in [2.45, 2.75) is 56.8 Å². The molecule has 13 aliphatic carbocycles. The summed E-state index contributed by atoms with van der Waals surface area (Å²) in [4.78, 5) is 0. The summed E-state index contributed by atoms with van der Waals surface area (Å²) in [6, 6.07) is 10.7. The van der Waals surface area contributed by atoms with Gasteiger partial charge in [-0.05, 0) is 150 Å². The highest BCUT2D eigenvalue weighted by atomic mass is 14.9. The molecule has 13 fully saturated rings. The van der Waals surface area contributed by atoms with Gasteiger partial charge in [-0.1, -0.05) is 0 Å². The van der Waals surface area contributed by atoms with Crippen LogP contribution in [-0.2, 0) is 5.41 Å². The number of rotatable bonds is 1. The van der Waals surface area contributed by atoms with E-state index in [1.807, 2.05) is 6.07 Å². The van der Waals surface area contributed by atoms with Crippen molar-refractivity contribution in [3.05, 3.63) is 34.4 Å². The van der Waals surface area contributed by atoms with Gasteiger partial charge in [-0.2, -0.15) is 15.8 Å². The Morgan fingerprint density at radius 1 is 0.588 bits per heavy atom. The molecular formula is C31H29N3. The first-order valence-corrected chi connectivity index (χ1v) is 14.0. The van der Waals surface area contributed by atoms with E-state index in [0.717, 1.165) is 76.1 Å². The lowest BCUT2D eigenvalue weighted by molar-refractivity contribution is -0.434. The lowest BCUT2D eigenvalue weighted by Crippen LogP contribution is -2.86. The van der Waals surface area contributed by atoms with Crippen LogP contribution in [0.4, 0.5) is 0 Å². The molecule has 1 aromatic carbocycles. The molecule has 14 bridgehead atoms. The number of benzene rings is 1. The van der Waals surface area contributed by atoms with Gasteiger partial charge in [0.1, 0.15) is 12.1 Å². The molecule has 3 nitrogen and oxygen atoms in total. The van der Waals surface area contributed by atoms with E-state index in [1.54, 1.807) is 31.7 Å². The van der Waals surface area contributed by atoms with Gasteiger partial charge in [0, 0.05) is 0 Å². The summed E-state index contributed by atoms with van der Waals surface area (Å²) in [5.74, 6) is 10.8. The molecule has 0 saturated heterocycles. The van der Waals surface area contributed by atoms with Crippen LogP contribution in [0.1, 0.15) is 73.6 Å². The minimum absolute atomic E-state index is 0.0664. The molecule has 0 heterocycles. The van der Waals surface area contributed by atoms with Gasteiger partial charge in [0.2, 0.25) is 0 Å². The second kappa shape index (κ2) is 4.98. The maximum atomic E-state index is 10.2. The van der Waals surface area contributed by atoms with E-state index in [4.69, 9.17) is 0 Å². The fourth-order valence-corrected chi connectivity index (χ4v) is 15.2. The van der Waals surface area contributed by atoms with Gasteiger partial charge in [-0.15, -0.1) is 0 Å². The Bertz CT molecular complexity index is 1330. The molecule has 0 N–H and O–H groups in total. The van der Waals surface area contributed by atoms with Crippen LogP contribution in [0, 0.1) is 110 Å². The maximum Gasteiger partial charge on any atom is 0.101 e. The van der Waals surface area contributed by atoms with Crippen molar-refractivity contribution in [2.24, 2.45) is 75.9 Å². The van der Waals surface area contributed by atoms with Crippen molar-refractivity contribution in [1.29, 1.82) is 15.8 Å². The zero-order valence-corrected chi connectivity index (χ0v) is 19.5. The number of hydrogen-bond acceptors (Lipinski definition) is 3. The molecule has 3 heteroatoms. The number of nitriles is 3. The molecule has 14 rings (SSSR count). The molecule has 0 aromatic heterocycles. The quantitative estimate of drug-likeness (QED) is 0.573. The first-order chi connectivity index (χ1) is 16.6. The molecule has 34 heavy (non-hydrogen) atoms. The standard InChI is InChI=1S/C31H29N3/c32-10-15-3-17(12-34)24(4-16(15)11-33)29-6-22-21-8-30-5-14-1-18-20-9-31(13-29,27(22)25(18)30)28(23(21)7-29)26(30)19(20)2-14/h3-4,14,18-23,25-28H,1-2,5-9,13H2/t14?,18-,19-,20?,21?,22+,23+,25-,26+,27+,28-,29?,30?,31?/m1/s1. The molecule has 14 atom stereocenters. The third-order valence-corrected chi connectivity index (χ3v) is 14.6. The molecule has 0 amide bonds. The van der Waals surface area contributed by atoms with E-state index in [1.165, 1.54) is 25.7 Å². The fraction of sp³-hybridized carbons (Fsp3) is 0.710. The first-order valence-electron chi connectivity index (χ1n) is 14.0. The summed E-state index contributed by atoms with van der Waals surface area (Å²) in [7, 11) is 0. The van der Waals surface area contributed by atoms with E-state index in [0.29, 0.717) is 22.1 Å². The lowest BCUT2D eigenvalue weighted by atomic mass is 9.12. The van der Waals surface area contributed by atoms with Gasteiger partial charge in [0.15, 0.2) is 0 Å². The van der Waals surface area contributed by atoms with Crippen LogP contribution in [0.25, 0.3) is 0 Å². The Kier molecular flexibility index (Phi) is 2.64. The minimum Gasteiger partial charge on any atom is -0.192 e. The molecule has 13 aliphatic rings. The highest BCUT2D eigenvalue weighted by Gasteiger charge is 2.88. The Morgan fingerprint density at radius 3 is 1.79 bits per heavy atom. The topological polar surface area (TPSA) is 71.4 Å². The van der Waals surface area contributed by atoms with Crippen LogP contribution >= 0.6 is 0 Å². The third-order valence-electron chi connectivity index (χ3n) is 14.6. The third kappa shape index (κ3) is 1.48. The van der Waals surface area contributed by atoms with Crippen molar-refractivity contribution in [3.63, 3.8) is 0 Å². The van der Waals surface area contributed by atoms with Crippen LogP contribution in [0.15, 0.2) is 12.1 Å². The zero-order chi connectivity index (χ0) is 22.4. The normalized spacial score (nSPS) is 60.6. The van der Waals surface area contributed by atoms with Crippen molar-refractivity contribution >= 4 is 0 Å². The lowest BCUT2D eigenvalue weighted by Gasteiger charge is -2.92. The monoisotopic (exact) mass is 443 g/mol. The molecular weight excluding hydrogens is 414 g/mol. The molecule has 13 saturated carbocycles. The average Bonchev–Trinajstić information content (AvgIpc) is 2.86. The SMILES string of the molecule is N#Cc1cc(C#N)c(C23C[C@H]4C5CC67CC8C[C@@H]9C%10CC(C2)([C@@H]4[C@H]6[C@@H]%10C8)[C@@H]([C@H]97)[C@H]5C3)cc1C#N. The van der Waals surface area contributed by atoms with Crippen LogP contribution < -0.4 is 0 Å². The molecule has 0 radical (unpaired) electrons. The summed E-state index contributed by atoms with van der Waals surface area (Å²) in [6.45, 7) is 0. The Hall–Kier alpha value is -2.31. The molecule has 0 aliphatic heterocycles. The Balaban J connectivity index is 1.21. The Labute approximate surface area is 201 Å². The second-order valence-corrected chi connectivity index (χ2v) is 14.6. The summed E-state index contributed by atoms with van der Waals surface area (Å²) < 4.78 is 0. The smallest absolute Gasteiger partial charge is 0.101 e. The summed E-state index contributed by atoms with van der Waals surface area (Å²) in [5.41, 5.74) is 4.00. The summed E-state index contributed by atoms with van der Waals surface area (Å²) in [5, 5.41) is 29.6. The van der Waals surface area contributed by atoms with E-state index >= 15 is 0 Å². The van der Waals surface area contributed by atoms with Crippen molar-refractivity contribution < 1.29 is 0 Å². The van der Waals surface area contributed by atoms with E-state index in [-0.39, 0.29) is 5.41 Å². The van der Waals surface area contributed by atoms with Crippen LogP contribution in [0.5, 0.6) is 0 Å². The largest absolute Gasteiger partial charge is 0.192 e. The zero-order valence-electron chi connectivity index (χ0n) is 19.5. The molecule has 6 unspecified atom stereocenters. The maximum absolute atomic E-state index is 10.2. The first kappa shape index (κ1) is 18.0. The van der Waals surface area contributed by atoms with E-state index in [2.05, 4.69) is 18.2 Å². The van der Waals surface area contributed by atoms with Crippen molar-refractivity contribution in [3.8, 4) is 18.2 Å². The van der Waals surface area contributed by atoms with Crippen LogP contribution in [0.3, 0.4) is 0 Å². The predicted octanol–water partition coefficient (Wildman–Crippen LogP) is 5.53. The van der Waals surface area contributed by atoms with Gasteiger partial charge < -0.3 is 0 Å². The number of nitrogens with zero attached hydrogens (tertiary/aromatic N) is 3. The molecule has 1 aromatic rings. The van der Waals surface area contributed by atoms with Gasteiger partial charge in [0.05, 0.1) is 22.8 Å². The van der Waals surface area contributed by atoms with Gasteiger partial charge in [-0.25, -0.2) is 0 Å². The second-order valence-electron chi connectivity index (χ2n) is 14.6. The highest BCUT2D eigenvalue weighted by Crippen LogP contribution is 2.93. The highest BCUT2D eigenvalue weighted by molar-refractivity contribution is 5.57.